The van der Waals surface area contributed by atoms with Crippen molar-refractivity contribution < 1.29 is 41.5 Å². The Morgan fingerprint density at radius 2 is 0.508 bits per heavy atom. The van der Waals surface area contributed by atoms with E-state index in [-0.39, 0.29) is 21.7 Å². The van der Waals surface area contributed by atoms with Crippen LogP contribution < -0.4 is 0 Å². The maximum absolute atomic E-state index is 12.4. The molecule has 5 heteroatoms. The van der Waals surface area contributed by atoms with E-state index in [4.69, 9.17) is 0 Å². The molecule has 10 aromatic carbocycles. The summed E-state index contributed by atoms with van der Waals surface area (Å²) in [7, 11) is 0. The molecule has 306 valence electrons. The van der Waals surface area contributed by atoms with Gasteiger partial charge >= 0.3 is 33.7 Å². The van der Waals surface area contributed by atoms with Crippen LogP contribution in [0.5, 0.6) is 0 Å². The molecule has 4 nitrogen and oxygen atoms in total. The summed E-state index contributed by atoms with van der Waals surface area (Å²) in [6.45, 7) is 0. The minimum absolute atomic E-state index is 0. The largest absolute Gasteiger partial charge is 2.00 e. The molecule has 0 unspecified atom stereocenters. The third-order valence-electron chi connectivity index (χ3n) is 11.0. The van der Waals surface area contributed by atoms with E-state index < -0.39 is 22.8 Å². The Labute approximate surface area is 384 Å². The van der Waals surface area contributed by atoms with Crippen LogP contribution in [0.25, 0.3) is 21.5 Å². The standard InChI is InChI=1S/2C20H16O2.2C9H7.Ti/c2*21-19(22)20(16-10-4-1-5-11-16,17-12-6-2-7-13-17)18-14-8-3-9-15-18;2*1-2-5-9-7-3-6-8(9)4-1;/h2*1-15H,(H,21,22);2*1-7H;/q;;2*-1;+2. The number of hydrogen-bond acceptors (Lipinski definition) is 2. The Hall–Kier alpha value is -7.37. The van der Waals surface area contributed by atoms with Gasteiger partial charge < -0.3 is 10.2 Å². The van der Waals surface area contributed by atoms with Gasteiger partial charge in [-0.25, -0.2) is 0 Å². The van der Waals surface area contributed by atoms with Crippen LogP contribution in [0, 0.1) is 0 Å². The van der Waals surface area contributed by atoms with Crippen LogP contribution in [0.3, 0.4) is 0 Å². The number of aliphatic carboxylic acids is 2. The summed E-state index contributed by atoms with van der Waals surface area (Å²) >= 11 is 0. The molecule has 0 atom stereocenters. The fraction of sp³-hybridized carbons (Fsp3) is 0.0345. The van der Waals surface area contributed by atoms with E-state index in [9.17, 15) is 19.8 Å². The molecular weight excluding hydrogens is 809 g/mol. The molecule has 0 bridgehead atoms. The molecule has 0 saturated carbocycles. The summed E-state index contributed by atoms with van der Waals surface area (Å²) in [4.78, 5) is 24.8. The summed E-state index contributed by atoms with van der Waals surface area (Å²) in [5, 5.41) is 25.7. The Balaban J connectivity index is 0.000000150. The minimum atomic E-state index is -1.20. The van der Waals surface area contributed by atoms with E-state index in [0.717, 1.165) is 33.4 Å². The predicted octanol–water partition coefficient (Wildman–Crippen LogP) is 13.3. The zero-order valence-electron chi connectivity index (χ0n) is 34.6. The molecule has 10 rings (SSSR count). The number of carbonyl (C=O) groups is 2. The fourth-order valence-electron chi connectivity index (χ4n) is 8.01. The molecule has 0 aliphatic heterocycles. The van der Waals surface area contributed by atoms with Crippen LogP contribution in [0.1, 0.15) is 33.4 Å². The summed E-state index contributed by atoms with van der Waals surface area (Å²) in [6, 6.07) is 85.6. The molecule has 0 saturated heterocycles. The van der Waals surface area contributed by atoms with E-state index >= 15 is 0 Å². The first-order valence-electron chi connectivity index (χ1n) is 20.5. The van der Waals surface area contributed by atoms with Gasteiger partial charge in [0.05, 0.1) is 0 Å². The van der Waals surface area contributed by atoms with Gasteiger partial charge in [-0.1, -0.05) is 194 Å². The first kappa shape index (κ1) is 45.2. The number of carboxylic acid groups (broad SMARTS) is 2. The topological polar surface area (TPSA) is 74.6 Å². The van der Waals surface area contributed by atoms with Gasteiger partial charge in [-0.05, 0) is 33.4 Å². The van der Waals surface area contributed by atoms with Crippen LogP contribution >= 0.6 is 0 Å². The molecule has 0 spiro atoms. The molecule has 2 N–H and O–H groups in total. The third kappa shape index (κ3) is 10.1. The fourth-order valence-corrected chi connectivity index (χ4v) is 8.01. The number of fused-ring (bicyclic) bond motifs is 2. The second-order valence-electron chi connectivity index (χ2n) is 14.6. The summed E-state index contributed by atoms with van der Waals surface area (Å²) in [6.07, 6.45) is 0. The predicted molar refractivity (Wildman–Crippen MR) is 253 cm³/mol. The van der Waals surface area contributed by atoms with E-state index in [1.54, 1.807) is 0 Å². The van der Waals surface area contributed by atoms with Crippen LogP contribution in [0.4, 0.5) is 0 Å². The van der Waals surface area contributed by atoms with E-state index in [1.807, 2.05) is 182 Å². The van der Waals surface area contributed by atoms with Gasteiger partial charge in [0, 0.05) is 0 Å². The van der Waals surface area contributed by atoms with Crippen molar-refractivity contribution in [2.24, 2.45) is 0 Å². The molecule has 0 amide bonds. The first-order valence-corrected chi connectivity index (χ1v) is 20.5. The zero-order valence-corrected chi connectivity index (χ0v) is 36.2. The molecular formula is C58H46O4Ti. The van der Waals surface area contributed by atoms with Crippen molar-refractivity contribution >= 4 is 33.5 Å². The van der Waals surface area contributed by atoms with Crippen molar-refractivity contribution in [2.45, 2.75) is 10.8 Å². The molecule has 0 heterocycles. The quantitative estimate of drug-likeness (QED) is 0.0907. The average molecular weight is 855 g/mol. The van der Waals surface area contributed by atoms with E-state index in [1.165, 1.54) is 21.5 Å². The molecule has 0 aliphatic rings. The monoisotopic (exact) mass is 854 g/mol. The molecule has 10 aromatic rings. The SMILES string of the molecule is O=C(O)C(c1ccccc1)(c1ccccc1)c1ccccc1.O=C(O)C(c1ccccc1)(c1ccccc1)c1ccccc1.[Ti+2].c1ccc2[cH-]ccc2c1.c1ccc2[cH-]ccc2c1. The Morgan fingerprint density at radius 3 is 0.714 bits per heavy atom. The van der Waals surface area contributed by atoms with Crippen molar-refractivity contribution in [3.05, 3.63) is 300 Å². The number of benzene rings is 8. The maximum atomic E-state index is 12.4. The van der Waals surface area contributed by atoms with Crippen LogP contribution in [-0.4, -0.2) is 22.2 Å². The van der Waals surface area contributed by atoms with Gasteiger partial charge in [-0.2, -0.15) is 35.0 Å². The molecule has 0 aliphatic carbocycles. The summed E-state index contributed by atoms with van der Waals surface area (Å²) in [5.74, 6) is -1.76. The van der Waals surface area contributed by atoms with Gasteiger partial charge in [0.15, 0.2) is 0 Å². The van der Waals surface area contributed by atoms with Crippen LogP contribution in [-0.2, 0) is 42.1 Å². The van der Waals surface area contributed by atoms with Gasteiger partial charge in [-0.3, -0.25) is 9.59 Å². The average Bonchev–Trinajstić information content (AvgIpc) is 4.03. The minimum Gasteiger partial charge on any atom is -0.480 e. The number of carboxylic acids is 2. The van der Waals surface area contributed by atoms with Crippen LogP contribution in [0.15, 0.2) is 267 Å². The van der Waals surface area contributed by atoms with Gasteiger partial charge in [0.2, 0.25) is 0 Å². The molecule has 0 radical (unpaired) electrons. The normalized spacial score (nSPS) is 10.7. The Bertz CT molecular complexity index is 2430. The third-order valence-corrected chi connectivity index (χ3v) is 11.0. The first-order chi connectivity index (χ1) is 30.5. The van der Waals surface area contributed by atoms with E-state index in [2.05, 4.69) is 84.9 Å². The van der Waals surface area contributed by atoms with Crippen molar-refractivity contribution in [1.82, 2.24) is 0 Å². The second-order valence-corrected chi connectivity index (χ2v) is 14.6. The molecule has 0 aromatic heterocycles. The summed E-state index contributed by atoms with van der Waals surface area (Å²) < 4.78 is 0. The van der Waals surface area contributed by atoms with E-state index in [0.29, 0.717) is 0 Å². The summed E-state index contributed by atoms with van der Waals surface area (Å²) in [5.41, 5.74) is 2.09. The van der Waals surface area contributed by atoms with Crippen molar-refractivity contribution in [3.8, 4) is 0 Å². The van der Waals surface area contributed by atoms with Crippen molar-refractivity contribution in [2.75, 3.05) is 0 Å². The molecule has 63 heavy (non-hydrogen) atoms. The van der Waals surface area contributed by atoms with Gasteiger partial charge in [-0.15, -0.1) is 59.3 Å². The van der Waals surface area contributed by atoms with Crippen LogP contribution in [0.2, 0.25) is 0 Å². The van der Waals surface area contributed by atoms with Crippen molar-refractivity contribution in [3.63, 3.8) is 0 Å². The Kier molecular flexibility index (Phi) is 15.7. The van der Waals surface area contributed by atoms with Gasteiger partial charge in [0.25, 0.3) is 0 Å². The second kappa shape index (κ2) is 21.9. The smallest absolute Gasteiger partial charge is 0.480 e. The zero-order chi connectivity index (χ0) is 43.0. The number of hydrogen-bond donors (Lipinski definition) is 2. The Morgan fingerprint density at radius 1 is 0.302 bits per heavy atom. The van der Waals surface area contributed by atoms with Crippen molar-refractivity contribution in [1.29, 1.82) is 0 Å². The maximum Gasteiger partial charge on any atom is 2.00 e. The molecule has 0 fully saturated rings. The number of rotatable bonds is 8. The van der Waals surface area contributed by atoms with Gasteiger partial charge in [0.1, 0.15) is 10.8 Å².